The zero-order valence-electron chi connectivity index (χ0n) is 15.7. The number of carbonyl (C=O) groups is 1. The zero-order valence-corrected chi connectivity index (χ0v) is 15.7. The van der Waals surface area contributed by atoms with Gasteiger partial charge in [0.25, 0.3) is 5.91 Å². The Hall–Kier alpha value is -2.70. The normalized spacial score (nSPS) is 14.9. The van der Waals surface area contributed by atoms with E-state index in [9.17, 15) is 9.18 Å². The van der Waals surface area contributed by atoms with Gasteiger partial charge in [0.05, 0.1) is 0 Å². The molecular weight excluding hydrogens is 347 g/mol. The van der Waals surface area contributed by atoms with E-state index < -0.39 is 0 Å². The summed E-state index contributed by atoms with van der Waals surface area (Å²) in [4.78, 5) is 23.0. The largest absolute Gasteiger partial charge is 0.484 e. The first kappa shape index (κ1) is 19.1. The fourth-order valence-corrected chi connectivity index (χ4v) is 3.31. The van der Waals surface area contributed by atoms with Crippen molar-refractivity contribution in [2.45, 2.75) is 26.2 Å². The lowest BCUT2D eigenvalue weighted by molar-refractivity contribution is -0.134. The number of nitrogens with one attached hydrogen (secondary N) is 1. The van der Waals surface area contributed by atoms with E-state index in [1.54, 1.807) is 0 Å². The van der Waals surface area contributed by atoms with Gasteiger partial charge in [0, 0.05) is 31.9 Å². The second kappa shape index (κ2) is 8.79. The first-order valence-corrected chi connectivity index (χ1v) is 9.22. The molecule has 1 aliphatic heterocycles. The fourth-order valence-electron chi connectivity index (χ4n) is 3.31. The average Bonchev–Trinajstić information content (AvgIpc) is 2.67. The van der Waals surface area contributed by atoms with Gasteiger partial charge in [-0.25, -0.2) is 14.4 Å². The van der Waals surface area contributed by atoms with Crippen molar-refractivity contribution in [2.24, 2.45) is 5.92 Å². The number of amides is 1. The molecule has 0 aliphatic carbocycles. The number of piperidine rings is 1. The minimum absolute atomic E-state index is 0.0209. The molecule has 144 valence electrons. The summed E-state index contributed by atoms with van der Waals surface area (Å²) in [5.74, 6) is 2.25. The molecule has 1 saturated heterocycles. The average molecular weight is 372 g/mol. The molecular formula is C20H25FN4O2. The van der Waals surface area contributed by atoms with Gasteiger partial charge in [0.2, 0.25) is 0 Å². The van der Waals surface area contributed by atoms with Crippen LogP contribution in [0.5, 0.6) is 5.75 Å². The molecule has 0 spiro atoms. The van der Waals surface area contributed by atoms with Gasteiger partial charge in [0.1, 0.15) is 23.2 Å². The number of hydrogen-bond donors (Lipinski definition) is 1. The van der Waals surface area contributed by atoms with E-state index in [-0.39, 0.29) is 18.3 Å². The molecule has 2 aromatic rings. The van der Waals surface area contributed by atoms with E-state index in [0.29, 0.717) is 11.7 Å². The molecule has 0 saturated carbocycles. The van der Waals surface area contributed by atoms with Crippen molar-refractivity contribution in [1.29, 1.82) is 0 Å². The van der Waals surface area contributed by atoms with Crippen LogP contribution in [0.4, 0.5) is 10.2 Å². The molecule has 1 N–H and O–H groups in total. The summed E-state index contributed by atoms with van der Waals surface area (Å²) in [7, 11) is 1.85. The monoisotopic (exact) mass is 372 g/mol. The third-order valence-electron chi connectivity index (χ3n) is 4.79. The lowest BCUT2D eigenvalue weighted by atomic mass is 9.92. The highest BCUT2D eigenvalue weighted by atomic mass is 19.1. The predicted molar refractivity (Wildman–Crippen MR) is 101 cm³/mol. The van der Waals surface area contributed by atoms with E-state index in [2.05, 4.69) is 15.3 Å². The van der Waals surface area contributed by atoms with E-state index in [0.717, 1.165) is 49.7 Å². The van der Waals surface area contributed by atoms with Crippen molar-refractivity contribution in [2.75, 3.05) is 32.1 Å². The number of ether oxygens (including phenoxy) is 1. The summed E-state index contributed by atoms with van der Waals surface area (Å²) < 4.78 is 18.3. The van der Waals surface area contributed by atoms with Gasteiger partial charge in [-0.3, -0.25) is 4.79 Å². The molecule has 1 aliphatic rings. The summed E-state index contributed by atoms with van der Waals surface area (Å²) in [6.45, 7) is 3.32. The van der Waals surface area contributed by atoms with Crippen molar-refractivity contribution in [1.82, 2.24) is 14.9 Å². The Morgan fingerprint density at radius 2 is 1.96 bits per heavy atom. The minimum atomic E-state index is -0.323. The minimum Gasteiger partial charge on any atom is -0.484 e. The van der Waals surface area contributed by atoms with Crippen LogP contribution in [-0.4, -0.2) is 47.5 Å². The summed E-state index contributed by atoms with van der Waals surface area (Å²) in [6, 6.07) is 7.68. The Morgan fingerprint density at radius 3 is 2.63 bits per heavy atom. The van der Waals surface area contributed by atoms with Crippen LogP contribution >= 0.6 is 0 Å². The highest BCUT2D eigenvalue weighted by Gasteiger charge is 2.23. The summed E-state index contributed by atoms with van der Waals surface area (Å²) in [5, 5.41) is 3.06. The smallest absolute Gasteiger partial charge is 0.260 e. The summed E-state index contributed by atoms with van der Waals surface area (Å²) in [5.41, 5.74) is 1.04. The molecule has 1 fully saturated rings. The standard InChI is InChI=1S/C20H25FN4O2/c1-14-23-17(12-19(22-2)24-14)11-15-7-9-25(10-8-15)20(26)13-27-18-5-3-16(21)4-6-18/h3-6,12,15H,7-11,13H2,1-2H3,(H,22,23,24). The van der Waals surface area contributed by atoms with Gasteiger partial charge in [-0.05, 0) is 56.4 Å². The Bertz CT molecular complexity index is 774. The van der Waals surface area contributed by atoms with E-state index in [4.69, 9.17) is 4.74 Å². The first-order chi connectivity index (χ1) is 13.0. The number of nitrogens with zero attached hydrogens (tertiary/aromatic N) is 3. The van der Waals surface area contributed by atoms with Crippen molar-refractivity contribution in [3.63, 3.8) is 0 Å². The van der Waals surface area contributed by atoms with Crippen LogP contribution in [0.25, 0.3) is 0 Å². The van der Waals surface area contributed by atoms with Gasteiger partial charge in [-0.2, -0.15) is 0 Å². The van der Waals surface area contributed by atoms with Crippen LogP contribution < -0.4 is 10.1 Å². The molecule has 1 amide bonds. The Labute approximate surface area is 158 Å². The molecule has 0 unspecified atom stereocenters. The van der Waals surface area contributed by atoms with Gasteiger partial charge in [-0.1, -0.05) is 0 Å². The van der Waals surface area contributed by atoms with Crippen LogP contribution in [0.15, 0.2) is 30.3 Å². The van der Waals surface area contributed by atoms with Gasteiger partial charge in [-0.15, -0.1) is 0 Å². The topological polar surface area (TPSA) is 67.4 Å². The third-order valence-corrected chi connectivity index (χ3v) is 4.79. The quantitative estimate of drug-likeness (QED) is 0.845. The SMILES string of the molecule is CNc1cc(CC2CCN(C(=O)COc3ccc(F)cc3)CC2)nc(C)n1. The van der Waals surface area contributed by atoms with Crippen LogP contribution in [0.2, 0.25) is 0 Å². The maximum absolute atomic E-state index is 12.9. The van der Waals surface area contributed by atoms with Crippen molar-refractivity contribution in [3.05, 3.63) is 47.7 Å². The van der Waals surface area contributed by atoms with E-state index in [1.165, 1.54) is 24.3 Å². The number of anilines is 1. The zero-order chi connectivity index (χ0) is 19.2. The second-order valence-corrected chi connectivity index (χ2v) is 6.81. The van der Waals surface area contributed by atoms with Gasteiger partial charge in [0.15, 0.2) is 6.61 Å². The van der Waals surface area contributed by atoms with E-state index >= 15 is 0 Å². The maximum Gasteiger partial charge on any atom is 0.260 e. The van der Waals surface area contributed by atoms with Crippen LogP contribution in [0, 0.1) is 18.7 Å². The summed E-state index contributed by atoms with van der Waals surface area (Å²) >= 11 is 0. The predicted octanol–water partition coefficient (Wildman–Crippen LogP) is 2.83. The molecule has 6 nitrogen and oxygen atoms in total. The first-order valence-electron chi connectivity index (χ1n) is 9.22. The van der Waals surface area contributed by atoms with Crippen molar-refractivity contribution < 1.29 is 13.9 Å². The Balaban J connectivity index is 1.46. The number of aryl methyl sites for hydroxylation is 1. The van der Waals surface area contributed by atoms with Crippen LogP contribution in [0.1, 0.15) is 24.4 Å². The Kier molecular flexibility index (Phi) is 6.21. The molecule has 0 radical (unpaired) electrons. The highest BCUT2D eigenvalue weighted by molar-refractivity contribution is 5.77. The number of halogens is 1. The summed E-state index contributed by atoms with van der Waals surface area (Å²) in [6.07, 6.45) is 2.78. The number of carbonyl (C=O) groups excluding carboxylic acids is 1. The molecule has 7 heteroatoms. The van der Waals surface area contributed by atoms with Gasteiger partial charge < -0.3 is 15.0 Å². The number of aromatic nitrogens is 2. The third kappa shape index (κ3) is 5.39. The van der Waals surface area contributed by atoms with Crippen molar-refractivity contribution in [3.8, 4) is 5.75 Å². The van der Waals surface area contributed by atoms with E-state index in [1.807, 2.05) is 24.9 Å². The lowest BCUT2D eigenvalue weighted by Gasteiger charge is -2.32. The number of benzene rings is 1. The number of hydrogen-bond acceptors (Lipinski definition) is 5. The molecule has 0 atom stereocenters. The molecule has 1 aromatic heterocycles. The van der Waals surface area contributed by atoms with Crippen LogP contribution in [-0.2, 0) is 11.2 Å². The van der Waals surface area contributed by atoms with Gasteiger partial charge >= 0.3 is 0 Å². The molecule has 1 aromatic carbocycles. The molecule has 27 heavy (non-hydrogen) atoms. The highest BCUT2D eigenvalue weighted by Crippen LogP contribution is 2.22. The second-order valence-electron chi connectivity index (χ2n) is 6.81. The molecule has 2 heterocycles. The van der Waals surface area contributed by atoms with Crippen molar-refractivity contribution >= 4 is 11.7 Å². The molecule has 0 bridgehead atoms. The number of likely N-dealkylation sites (tertiary alicyclic amines) is 1. The Morgan fingerprint density at radius 1 is 1.26 bits per heavy atom. The fraction of sp³-hybridized carbons (Fsp3) is 0.450. The maximum atomic E-state index is 12.9. The lowest BCUT2D eigenvalue weighted by Crippen LogP contribution is -2.41. The van der Waals surface area contributed by atoms with Crippen LogP contribution in [0.3, 0.4) is 0 Å². The number of rotatable bonds is 6. The molecule has 3 rings (SSSR count).